The van der Waals surface area contributed by atoms with E-state index in [0.29, 0.717) is 0 Å². The van der Waals surface area contributed by atoms with Gasteiger partial charge in [-0.3, -0.25) is 4.79 Å². The molecule has 1 aromatic carbocycles. The Kier molecular flexibility index (Phi) is 7.10. The monoisotopic (exact) mass is 321 g/mol. The van der Waals surface area contributed by atoms with Crippen molar-refractivity contribution in [3.8, 4) is 5.75 Å². The van der Waals surface area contributed by atoms with Gasteiger partial charge in [-0.05, 0) is 38.8 Å². The van der Waals surface area contributed by atoms with Gasteiger partial charge in [0.15, 0.2) is 6.10 Å². The van der Waals surface area contributed by atoms with Crippen LogP contribution in [0.15, 0.2) is 24.3 Å². The Balaban J connectivity index is 1.62. The third-order valence-corrected chi connectivity index (χ3v) is 5.39. The van der Waals surface area contributed by atoms with Gasteiger partial charge >= 0.3 is 0 Å². The van der Waals surface area contributed by atoms with Gasteiger partial charge in [0.2, 0.25) is 0 Å². The topological polar surface area (TPSA) is 38.3 Å². The predicted molar refractivity (Wildman–Crippen MR) is 93.6 cm³/mol. The number of aryl methyl sites for hydroxylation is 1. The molecule has 0 aromatic heterocycles. The van der Waals surface area contributed by atoms with E-state index in [1.165, 1.54) is 37.7 Å². The minimum Gasteiger partial charge on any atom is -0.481 e. The SMILES string of the molecule is Cc1ccc(O[C@@H](C)C(=O)NCCSC2CCCCC2)cc1. The highest BCUT2D eigenvalue weighted by molar-refractivity contribution is 7.99. The highest BCUT2D eigenvalue weighted by atomic mass is 32.2. The first-order chi connectivity index (χ1) is 10.6. The Hall–Kier alpha value is -1.16. The van der Waals surface area contributed by atoms with E-state index in [4.69, 9.17) is 4.74 Å². The zero-order valence-electron chi connectivity index (χ0n) is 13.6. The quantitative estimate of drug-likeness (QED) is 0.773. The highest BCUT2D eigenvalue weighted by Crippen LogP contribution is 2.27. The molecule has 0 unspecified atom stereocenters. The summed E-state index contributed by atoms with van der Waals surface area (Å²) in [7, 11) is 0. The van der Waals surface area contributed by atoms with Gasteiger partial charge in [0.25, 0.3) is 5.91 Å². The lowest BCUT2D eigenvalue weighted by Crippen LogP contribution is -2.37. The number of carbonyl (C=O) groups is 1. The summed E-state index contributed by atoms with van der Waals surface area (Å²) in [6, 6.07) is 7.78. The first-order valence-corrected chi connectivity index (χ1v) is 9.32. The number of ether oxygens (including phenoxy) is 1. The first-order valence-electron chi connectivity index (χ1n) is 8.28. The average Bonchev–Trinajstić information content (AvgIpc) is 2.54. The van der Waals surface area contributed by atoms with Crippen LogP contribution < -0.4 is 10.1 Å². The van der Waals surface area contributed by atoms with Crippen LogP contribution in [0.3, 0.4) is 0 Å². The zero-order chi connectivity index (χ0) is 15.8. The van der Waals surface area contributed by atoms with Gasteiger partial charge < -0.3 is 10.1 Å². The molecule has 2 rings (SSSR count). The van der Waals surface area contributed by atoms with E-state index in [0.717, 1.165) is 23.3 Å². The van der Waals surface area contributed by atoms with Gasteiger partial charge in [-0.1, -0.05) is 37.0 Å². The normalized spacial score (nSPS) is 17.0. The number of thioether (sulfide) groups is 1. The van der Waals surface area contributed by atoms with Crippen LogP contribution in [0.2, 0.25) is 0 Å². The van der Waals surface area contributed by atoms with Crippen molar-refractivity contribution in [3.63, 3.8) is 0 Å². The Morgan fingerprint density at radius 2 is 1.95 bits per heavy atom. The molecule has 0 bridgehead atoms. The van der Waals surface area contributed by atoms with Gasteiger partial charge in [-0.15, -0.1) is 0 Å². The van der Waals surface area contributed by atoms with E-state index < -0.39 is 6.10 Å². The molecule has 3 nitrogen and oxygen atoms in total. The third-order valence-electron chi connectivity index (χ3n) is 4.01. The summed E-state index contributed by atoms with van der Waals surface area (Å²) in [5.41, 5.74) is 1.18. The maximum absolute atomic E-state index is 12.0. The van der Waals surface area contributed by atoms with Gasteiger partial charge in [0.05, 0.1) is 0 Å². The first kappa shape index (κ1) is 17.2. The molecular formula is C18H27NO2S. The molecule has 1 N–H and O–H groups in total. The van der Waals surface area contributed by atoms with Crippen molar-refractivity contribution in [3.05, 3.63) is 29.8 Å². The lowest BCUT2D eigenvalue weighted by atomic mass is 10.0. The van der Waals surface area contributed by atoms with Gasteiger partial charge in [0, 0.05) is 17.5 Å². The van der Waals surface area contributed by atoms with E-state index in [-0.39, 0.29) is 5.91 Å². The van der Waals surface area contributed by atoms with Crippen LogP contribution >= 0.6 is 11.8 Å². The second-order valence-corrected chi connectivity index (χ2v) is 7.40. The summed E-state index contributed by atoms with van der Waals surface area (Å²) < 4.78 is 5.66. The van der Waals surface area contributed by atoms with Crippen LogP contribution in [-0.4, -0.2) is 29.6 Å². The Morgan fingerprint density at radius 3 is 2.64 bits per heavy atom. The lowest BCUT2D eigenvalue weighted by Gasteiger charge is -2.21. The number of nitrogens with one attached hydrogen (secondary N) is 1. The van der Waals surface area contributed by atoms with Gasteiger partial charge in [0.1, 0.15) is 5.75 Å². The third kappa shape index (κ3) is 5.91. The van der Waals surface area contributed by atoms with Crippen molar-refractivity contribution in [2.75, 3.05) is 12.3 Å². The van der Waals surface area contributed by atoms with Crippen molar-refractivity contribution >= 4 is 17.7 Å². The number of carbonyl (C=O) groups excluding carboxylic acids is 1. The van der Waals surface area contributed by atoms with Crippen molar-refractivity contribution in [1.29, 1.82) is 0 Å². The molecule has 1 aromatic rings. The number of hydrogen-bond donors (Lipinski definition) is 1. The number of hydrogen-bond acceptors (Lipinski definition) is 3. The van der Waals surface area contributed by atoms with E-state index in [1.54, 1.807) is 6.92 Å². The van der Waals surface area contributed by atoms with E-state index in [2.05, 4.69) is 5.32 Å². The van der Waals surface area contributed by atoms with Crippen molar-refractivity contribution < 1.29 is 9.53 Å². The van der Waals surface area contributed by atoms with Crippen LogP contribution in [-0.2, 0) is 4.79 Å². The predicted octanol–water partition coefficient (Wildman–Crippen LogP) is 3.94. The highest BCUT2D eigenvalue weighted by Gasteiger charge is 2.16. The van der Waals surface area contributed by atoms with Crippen LogP contribution in [0.4, 0.5) is 0 Å². The molecule has 1 atom stereocenters. The fraction of sp³-hybridized carbons (Fsp3) is 0.611. The molecule has 0 aliphatic heterocycles. The molecule has 4 heteroatoms. The van der Waals surface area contributed by atoms with Crippen LogP contribution in [0, 0.1) is 6.92 Å². The summed E-state index contributed by atoms with van der Waals surface area (Å²) in [4.78, 5) is 12.0. The number of benzene rings is 1. The van der Waals surface area contributed by atoms with E-state index in [9.17, 15) is 4.79 Å². The Labute approximate surface area is 138 Å². The van der Waals surface area contributed by atoms with Crippen LogP contribution in [0.1, 0.15) is 44.6 Å². The molecule has 1 aliphatic rings. The summed E-state index contributed by atoms with van der Waals surface area (Å²) in [6.45, 7) is 4.55. The fourth-order valence-corrected chi connectivity index (χ4v) is 3.87. The molecule has 1 saturated carbocycles. The minimum absolute atomic E-state index is 0.0372. The molecule has 0 radical (unpaired) electrons. The van der Waals surface area contributed by atoms with Crippen molar-refractivity contribution in [2.24, 2.45) is 0 Å². The second kappa shape index (κ2) is 9.09. The number of amides is 1. The summed E-state index contributed by atoms with van der Waals surface area (Å²) in [5, 5.41) is 3.77. The van der Waals surface area contributed by atoms with Crippen molar-refractivity contribution in [1.82, 2.24) is 5.32 Å². The summed E-state index contributed by atoms with van der Waals surface area (Å²) in [5.74, 6) is 1.70. The van der Waals surface area contributed by atoms with Gasteiger partial charge in [-0.2, -0.15) is 11.8 Å². The zero-order valence-corrected chi connectivity index (χ0v) is 14.5. The number of rotatable bonds is 7. The van der Waals surface area contributed by atoms with E-state index >= 15 is 0 Å². The maximum atomic E-state index is 12.0. The van der Waals surface area contributed by atoms with Crippen molar-refractivity contribution in [2.45, 2.75) is 57.3 Å². The minimum atomic E-state index is -0.456. The smallest absolute Gasteiger partial charge is 0.260 e. The molecule has 1 amide bonds. The van der Waals surface area contributed by atoms with Crippen LogP contribution in [0.5, 0.6) is 5.75 Å². The lowest BCUT2D eigenvalue weighted by molar-refractivity contribution is -0.127. The summed E-state index contributed by atoms with van der Waals surface area (Å²) >= 11 is 2.00. The standard InChI is InChI=1S/C18H27NO2S/c1-14-8-10-16(11-9-14)21-15(2)18(20)19-12-13-22-17-6-4-3-5-7-17/h8-11,15,17H,3-7,12-13H2,1-2H3,(H,19,20)/t15-/m0/s1. The van der Waals surface area contributed by atoms with Crippen LogP contribution in [0.25, 0.3) is 0 Å². The second-order valence-electron chi connectivity index (χ2n) is 5.99. The Morgan fingerprint density at radius 1 is 1.27 bits per heavy atom. The molecule has 1 fully saturated rings. The molecular weight excluding hydrogens is 294 g/mol. The molecule has 0 saturated heterocycles. The largest absolute Gasteiger partial charge is 0.481 e. The average molecular weight is 321 g/mol. The molecule has 1 aliphatic carbocycles. The molecule has 122 valence electrons. The van der Waals surface area contributed by atoms with E-state index in [1.807, 2.05) is 43.0 Å². The summed E-state index contributed by atoms with van der Waals surface area (Å²) in [6.07, 6.45) is 6.35. The molecule has 0 heterocycles. The molecule has 0 spiro atoms. The molecule has 22 heavy (non-hydrogen) atoms. The fourth-order valence-electron chi connectivity index (χ4n) is 2.65. The maximum Gasteiger partial charge on any atom is 0.260 e. The Bertz CT molecular complexity index is 455. The van der Waals surface area contributed by atoms with Gasteiger partial charge in [-0.25, -0.2) is 0 Å².